The second-order valence-electron chi connectivity index (χ2n) is 9.48. The Bertz CT molecular complexity index is 524. The Hall–Kier alpha value is 1.01. The van der Waals surface area contributed by atoms with Crippen LogP contribution in [0.15, 0.2) is 0 Å². The molecule has 2 saturated carbocycles. The second-order valence-corrected chi connectivity index (χ2v) is 14.2. The molecule has 0 radical (unpaired) electrons. The summed E-state index contributed by atoms with van der Waals surface area (Å²) in [6, 6.07) is 0. The molecule has 0 aliphatic heterocycles. The van der Waals surface area contributed by atoms with E-state index in [2.05, 4.69) is 27.7 Å². The predicted molar refractivity (Wildman–Crippen MR) is 127 cm³/mol. The van der Waals surface area contributed by atoms with Gasteiger partial charge in [-0.05, 0) is 62.2 Å². The van der Waals surface area contributed by atoms with Crippen molar-refractivity contribution in [2.45, 2.75) is 86.0 Å². The van der Waals surface area contributed by atoms with Gasteiger partial charge >= 0.3 is 6.16 Å². The van der Waals surface area contributed by atoms with Gasteiger partial charge in [-0.2, -0.15) is 0 Å². The van der Waals surface area contributed by atoms with Crippen molar-refractivity contribution in [2.24, 2.45) is 35.5 Å². The van der Waals surface area contributed by atoms with Gasteiger partial charge < -0.3 is 9.47 Å². The average Bonchev–Trinajstić information content (AvgIpc) is 2.59. The Morgan fingerprint density at radius 2 is 1.03 bits per heavy atom. The van der Waals surface area contributed by atoms with Crippen LogP contribution in [-0.4, -0.2) is 25.9 Å². The minimum absolute atomic E-state index is 0.165. The molecule has 0 spiro atoms. The molecule has 2 rings (SSSR count). The SMILES string of the molecule is CC(C)C1CCC(C(Cl)(Cl)Cl)CC1OC(=O)OC1CC(C(Cl)(Cl)Cl)CCC1C(C)C. The molecule has 0 aromatic rings. The summed E-state index contributed by atoms with van der Waals surface area (Å²) in [5.41, 5.74) is 0. The van der Waals surface area contributed by atoms with Crippen LogP contribution in [-0.2, 0) is 9.47 Å². The molecule has 0 heterocycles. The highest BCUT2D eigenvalue weighted by molar-refractivity contribution is 6.68. The highest BCUT2D eigenvalue weighted by atomic mass is 35.6. The van der Waals surface area contributed by atoms with Crippen LogP contribution in [0.25, 0.3) is 0 Å². The Morgan fingerprint density at radius 1 is 0.700 bits per heavy atom. The van der Waals surface area contributed by atoms with E-state index in [9.17, 15) is 4.79 Å². The molecule has 176 valence electrons. The fraction of sp³-hybridized carbons (Fsp3) is 0.952. The first-order chi connectivity index (χ1) is 13.7. The van der Waals surface area contributed by atoms with Gasteiger partial charge in [0, 0.05) is 11.8 Å². The molecule has 30 heavy (non-hydrogen) atoms. The number of hydrogen-bond acceptors (Lipinski definition) is 3. The number of carbonyl (C=O) groups is 1. The number of ether oxygens (including phenoxy) is 2. The third-order valence-electron chi connectivity index (χ3n) is 6.82. The van der Waals surface area contributed by atoms with Gasteiger partial charge in [-0.3, -0.25) is 0 Å². The summed E-state index contributed by atoms with van der Waals surface area (Å²) >= 11 is 36.8. The van der Waals surface area contributed by atoms with Gasteiger partial charge in [-0.25, -0.2) is 4.79 Å². The minimum atomic E-state index is -1.38. The molecular weight excluding hydrogens is 513 g/mol. The molecule has 6 atom stereocenters. The molecule has 9 heteroatoms. The lowest BCUT2D eigenvalue weighted by atomic mass is 9.75. The van der Waals surface area contributed by atoms with Crippen molar-refractivity contribution in [3.8, 4) is 0 Å². The van der Waals surface area contributed by atoms with Crippen LogP contribution in [0.3, 0.4) is 0 Å². The van der Waals surface area contributed by atoms with E-state index in [1.165, 1.54) is 0 Å². The third kappa shape index (κ3) is 7.52. The van der Waals surface area contributed by atoms with Crippen molar-refractivity contribution < 1.29 is 14.3 Å². The normalized spacial score (nSPS) is 33.6. The number of hydrogen-bond donors (Lipinski definition) is 0. The zero-order valence-electron chi connectivity index (χ0n) is 17.9. The summed E-state index contributed by atoms with van der Waals surface area (Å²) in [7, 11) is 0. The molecular formula is C21H32Cl6O3. The van der Waals surface area contributed by atoms with E-state index in [1.54, 1.807) is 0 Å². The quantitative estimate of drug-likeness (QED) is 0.262. The fourth-order valence-corrected chi connectivity index (χ4v) is 6.16. The standard InChI is InChI=1S/C21H32Cl6O3/c1-11(2)15-7-5-13(20(22,23)24)9-17(15)29-19(28)30-18-10-14(21(25,26)27)6-8-16(18)12(3)4/h11-18H,5-10H2,1-4H3. The summed E-state index contributed by atoms with van der Waals surface area (Å²) in [6.07, 6.45) is 2.87. The number of halogens is 6. The average molecular weight is 545 g/mol. The molecule has 0 saturated heterocycles. The molecule has 0 bridgehead atoms. The highest BCUT2D eigenvalue weighted by Gasteiger charge is 2.45. The van der Waals surface area contributed by atoms with E-state index in [-0.39, 0.29) is 35.9 Å². The van der Waals surface area contributed by atoms with Crippen molar-refractivity contribution in [1.29, 1.82) is 0 Å². The molecule has 0 N–H and O–H groups in total. The first-order valence-electron chi connectivity index (χ1n) is 10.7. The van der Waals surface area contributed by atoms with Crippen LogP contribution in [0, 0.1) is 35.5 Å². The van der Waals surface area contributed by atoms with Crippen LogP contribution < -0.4 is 0 Å². The van der Waals surface area contributed by atoms with Crippen LogP contribution in [0.5, 0.6) is 0 Å². The maximum Gasteiger partial charge on any atom is 0.508 e. The monoisotopic (exact) mass is 542 g/mol. The third-order valence-corrected chi connectivity index (χ3v) is 8.67. The summed E-state index contributed by atoms with van der Waals surface area (Å²) in [6.45, 7) is 8.46. The van der Waals surface area contributed by atoms with Crippen LogP contribution in [0.4, 0.5) is 4.79 Å². The Morgan fingerprint density at radius 3 is 1.30 bits per heavy atom. The lowest BCUT2D eigenvalue weighted by Gasteiger charge is -2.41. The molecule has 6 unspecified atom stereocenters. The Balaban J connectivity index is 2.07. The summed E-state index contributed by atoms with van der Waals surface area (Å²) in [5, 5.41) is 0. The van der Waals surface area contributed by atoms with Gasteiger partial charge in [0.25, 0.3) is 0 Å². The van der Waals surface area contributed by atoms with Gasteiger partial charge in [0.2, 0.25) is 0 Å². The fourth-order valence-electron chi connectivity index (χ4n) is 4.97. The van der Waals surface area contributed by atoms with Crippen molar-refractivity contribution in [3.05, 3.63) is 0 Å². The van der Waals surface area contributed by atoms with Crippen molar-refractivity contribution in [3.63, 3.8) is 0 Å². The highest BCUT2D eigenvalue weighted by Crippen LogP contribution is 2.48. The van der Waals surface area contributed by atoms with Gasteiger partial charge in [-0.15, -0.1) is 0 Å². The zero-order chi connectivity index (χ0) is 22.9. The van der Waals surface area contributed by atoms with E-state index < -0.39 is 13.7 Å². The largest absolute Gasteiger partial charge is 0.508 e. The molecule has 2 aliphatic carbocycles. The summed E-state index contributed by atoms with van der Waals surface area (Å²) in [5.74, 6) is 0.742. The van der Waals surface area contributed by atoms with Gasteiger partial charge in [-0.1, -0.05) is 97.3 Å². The van der Waals surface area contributed by atoms with Gasteiger partial charge in [0.05, 0.1) is 0 Å². The van der Waals surface area contributed by atoms with Gasteiger partial charge in [0.15, 0.2) is 7.59 Å². The lowest BCUT2D eigenvalue weighted by molar-refractivity contribution is -0.0712. The second kappa shape index (κ2) is 11.0. The number of alkyl halides is 6. The first-order valence-corrected chi connectivity index (χ1v) is 13.0. The van der Waals surface area contributed by atoms with Crippen molar-refractivity contribution in [1.82, 2.24) is 0 Å². The Labute approximate surface area is 210 Å². The molecule has 0 aromatic heterocycles. The molecule has 2 fully saturated rings. The van der Waals surface area contributed by atoms with E-state index in [1.807, 2.05) is 0 Å². The van der Waals surface area contributed by atoms with Crippen molar-refractivity contribution >= 4 is 75.8 Å². The first kappa shape index (κ1) is 27.3. The summed E-state index contributed by atoms with van der Waals surface area (Å²) < 4.78 is 8.86. The van der Waals surface area contributed by atoms with E-state index in [4.69, 9.17) is 79.1 Å². The summed E-state index contributed by atoms with van der Waals surface area (Å²) in [4.78, 5) is 12.8. The number of rotatable bonds is 4. The van der Waals surface area contributed by atoms with Crippen molar-refractivity contribution in [2.75, 3.05) is 0 Å². The zero-order valence-corrected chi connectivity index (χ0v) is 22.4. The smallest absolute Gasteiger partial charge is 0.431 e. The molecule has 2 aliphatic rings. The molecule has 0 amide bonds. The van der Waals surface area contributed by atoms with Gasteiger partial charge in [0.1, 0.15) is 12.2 Å². The van der Waals surface area contributed by atoms with E-state index in [0.717, 1.165) is 25.7 Å². The molecule has 0 aromatic carbocycles. The van der Waals surface area contributed by atoms with Crippen LogP contribution in [0.1, 0.15) is 66.2 Å². The maximum atomic E-state index is 12.8. The molecule has 3 nitrogen and oxygen atoms in total. The Kier molecular flexibility index (Phi) is 9.95. The number of carbonyl (C=O) groups excluding carboxylic acids is 1. The maximum absolute atomic E-state index is 12.8. The topological polar surface area (TPSA) is 35.5 Å². The van der Waals surface area contributed by atoms with E-state index in [0.29, 0.717) is 24.7 Å². The lowest BCUT2D eigenvalue weighted by Crippen LogP contribution is -2.43. The minimum Gasteiger partial charge on any atom is -0.431 e. The predicted octanol–water partition coefficient (Wildman–Crippen LogP) is 8.76. The van der Waals surface area contributed by atoms with Crippen LogP contribution >= 0.6 is 69.6 Å². The van der Waals surface area contributed by atoms with E-state index >= 15 is 0 Å². The van der Waals surface area contributed by atoms with Crippen LogP contribution in [0.2, 0.25) is 0 Å².